The highest BCUT2D eigenvalue weighted by atomic mass is 31.2. The van der Waals surface area contributed by atoms with Crippen LogP contribution in [0.25, 0.3) is 11.2 Å². The zero-order valence-electron chi connectivity index (χ0n) is 18.6. The van der Waals surface area contributed by atoms with E-state index in [-0.39, 0.29) is 30.6 Å². The Bertz CT molecular complexity index is 978. The molecule has 9 nitrogen and oxygen atoms in total. The van der Waals surface area contributed by atoms with Crippen molar-refractivity contribution < 1.29 is 13.6 Å². The van der Waals surface area contributed by atoms with Gasteiger partial charge in [0.05, 0.1) is 19.5 Å². The molecule has 10 heteroatoms. The normalized spacial score (nSPS) is 13.7. The predicted octanol–water partition coefficient (Wildman–Crippen LogP) is 3.62. The standard InChI is InChI=1S/C20H35N4O5P/c1-5-9-12-22-16-21-18-17(22)19(25)24(20(26)23(18)13-10-6-2)14-11-15-29-30(27,8-4)28-7-3/h16H,5-15H2,1-4H3. The van der Waals surface area contributed by atoms with Gasteiger partial charge in [-0.1, -0.05) is 33.6 Å². The van der Waals surface area contributed by atoms with Crippen molar-refractivity contribution in [2.75, 3.05) is 19.4 Å². The topological polar surface area (TPSA) is 97.4 Å². The lowest BCUT2D eigenvalue weighted by Crippen LogP contribution is -2.41. The van der Waals surface area contributed by atoms with Crippen LogP contribution in [0, 0.1) is 0 Å². The zero-order valence-corrected chi connectivity index (χ0v) is 19.5. The van der Waals surface area contributed by atoms with Crippen LogP contribution in [0.4, 0.5) is 0 Å². The molecular formula is C20H35N4O5P. The second-order valence-corrected chi connectivity index (χ2v) is 9.61. The van der Waals surface area contributed by atoms with Gasteiger partial charge in [0.15, 0.2) is 11.2 Å². The minimum absolute atomic E-state index is 0.152. The molecule has 0 aliphatic heterocycles. The van der Waals surface area contributed by atoms with Crippen LogP contribution in [0.5, 0.6) is 0 Å². The van der Waals surface area contributed by atoms with E-state index in [0.29, 0.717) is 37.3 Å². The average molecular weight is 442 g/mol. The monoisotopic (exact) mass is 442 g/mol. The van der Waals surface area contributed by atoms with Gasteiger partial charge in [-0.15, -0.1) is 0 Å². The molecule has 1 unspecified atom stereocenters. The number of aryl methyl sites for hydroxylation is 2. The van der Waals surface area contributed by atoms with Crippen LogP contribution in [0.2, 0.25) is 0 Å². The molecule has 2 aromatic rings. The van der Waals surface area contributed by atoms with E-state index in [0.717, 1.165) is 25.7 Å². The smallest absolute Gasteiger partial charge is 0.325 e. The molecule has 0 N–H and O–H groups in total. The van der Waals surface area contributed by atoms with E-state index in [1.165, 1.54) is 4.57 Å². The molecule has 0 spiro atoms. The molecule has 0 amide bonds. The first-order valence-electron chi connectivity index (χ1n) is 11.0. The lowest BCUT2D eigenvalue weighted by Gasteiger charge is -2.16. The maximum atomic E-state index is 13.1. The molecule has 30 heavy (non-hydrogen) atoms. The Morgan fingerprint density at radius 3 is 2.23 bits per heavy atom. The number of hydrogen-bond acceptors (Lipinski definition) is 6. The summed E-state index contributed by atoms with van der Waals surface area (Å²) in [5.41, 5.74) is 0.229. The van der Waals surface area contributed by atoms with Crippen molar-refractivity contribution in [3.8, 4) is 0 Å². The molecule has 2 heterocycles. The molecule has 1 atom stereocenters. The summed E-state index contributed by atoms with van der Waals surface area (Å²) in [6, 6.07) is 0. The number of unbranched alkanes of at least 4 members (excludes halogenated alkanes) is 2. The number of imidazole rings is 1. The molecule has 170 valence electrons. The van der Waals surface area contributed by atoms with Crippen LogP contribution in [-0.2, 0) is 33.2 Å². The first kappa shape index (κ1) is 24.6. The third-order valence-corrected chi connectivity index (χ3v) is 7.00. The lowest BCUT2D eigenvalue weighted by molar-refractivity contribution is 0.207. The van der Waals surface area contributed by atoms with Gasteiger partial charge in [0.25, 0.3) is 5.56 Å². The van der Waals surface area contributed by atoms with Crippen molar-refractivity contribution in [2.24, 2.45) is 0 Å². The largest absolute Gasteiger partial charge is 0.332 e. The predicted molar refractivity (Wildman–Crippen MR) is 118 cm³/mol. The molecule has 0 aliphatic carbocycles. The summed E-state index contributed by atoms with van der Waals surface area (Å²) in [6.45, 7) is 9.51. The van der Waals surface area contributed by atoms with Crippen molar-refractivity contribution in [3.05, 3.63) is 27.2 Å². The molecule has 0 saturated heterocycles. The Kier molecular flexibility index (Phi) is 9.52. The molecule has 0 fully saturated rings. The fourth-order valence-electron chi connectivity index (χ4n) is 3.29. The minimum atomic E-state index is -3.10. The summed E-state index contributed by atoms with van der Waals surface area (Å²) >= 11 is 0. The van der Waals surface area contributed by atoms with E-state index in [4.69, 9.17) is 9.05 Å². The first-order valence-corrected chi connectivity index (χ1v) is 12.7. The highest BCUT2D eigenvalue weighted by molar-refractivity contribution is 7.53. The maximum Gasteiger partial charge on any atom is 0.332 e. The third kappa shape index (κ3) is 5.71. The fourth-order valence-corrected chi connectivity index (χ4v) is 4.53. The van der Waals surface area contributed by atoms with E-state index < -0.39 is 7.60 Å². The number of nitrogens with zero attached hydrogens (tertiary/aromatic N) is 4. The molecule has 0 radical (unpaired) electrons. The van der Waals surface area contributed by atoms with Crippen molar-refractivity contribution in [3.63, 3.8) is 0 Å². The Balaban J connectivity index is 2.32. The van der Waals surface area contributed by atoms with Gasteiger partial charge >= 0.3 is 13.3 Å². The van der Waals surface area contributed by atoms with Crippen LogP contribution >= 0.6 is 7.60 Å². The highest BCUT2D eigenvalue weighted by Crippen LogP contribution is 2.47. The summed E-state index contributed by atoms with van der Waals surface area (Å²) in [5, 5.41) is 0. The second-order valence-electron chi connectivity index (χ2n) is 7.24. The van der Waals surface area contributed by atoms with Crippen LogP contribution < -0.4 is 11.2 Å². The lowest BCUT2D eigenvalue weighted by atomic mass is 10.3. The van der Waals surface area contributed by atoms with Crippen LogP contribution in [0.15, 0.2) is 15.9 Å². The zero-order chi connectivity index (χ0) is 22.1. The number of aromatic nitrogens is 4. The van der Waals surface area contributed by atoms with Crippen molar-refractivity contribution in [1.82, 2.24) is 18.7 Å². The Labute approximate surface area is 177 Å². The van der Waals surface area contributed by atoms with Gasteiger partial charge in [0, 0.05) is 25.8 Å². The van der Waals surface area contributed by atoms with Gasteiger partial charge in [-0.3, -0.25) is 18.5 Å². The van der Waals surface area contributed by atoms with Gasteiger partial charge in [0.1, 0.15) is 0 Å². The van der Waals surface area contributed by atoms with E-state index in [9.17, 15) is 14.2 Å². The Morgan fingerprint density at radius 2 is 1.60 bits per heavy atom. The molecule has 2 rings (SSSR count). The summed E-state index contributed by atoms with van der Waals surface area (Å²) in [6.07, 6.45) is 6.00. The minimum Gasteiger partial charge on any atom is -0.325 e. The van der Waals surface area contributed by atoms with Crippen LogP contribution in [-0.4, -0.2) is 38.1 Å². The third-order valence-electron chi connectivity index (χ3n) is 5.00. The van der Waals surface area contributed by atoms with Crippen LogP contribution in [0.1, 0.15) is 59.8 Å². The van der Waals surface area contributed by atoms with E-state index in [1.54, 1.807) is 24.7 Å². The highest BCUT2D eigenvalue weighted by Gasteiger charge is 2.21. The van der Waals surface area contributed by atoms with Gasteiger partial charge in [-0.25, -0.2) is 9.78 Å². The van der Waals surface area contributed by atoms with Crippen molar-refractivity contribution in [1.29, 1.82) is 0 Å². The number of rotatable bonds is 14. The van der Waals surface area contributed by atoms with Gasteiger partial charge in [-0.2, -0.15) is 0 Å². The summed E-state index contributed by atoms with van der Waals surface area (Å²) in [5.74, 6) is 0. The summed E-state index contributed by atoms with van der Waals surface area (Å²) in [7, 11) is -3.10. The van der Waals surface area contributed by atoms with Gasteiger partial charge in [-0.05, 0) is 26.2 Å². The van der Waals surface area contributed by atoms with Gasteiger partial charge in [0.2, 0.25) is 0 Å². The fraction of sp³-hybridized carbons (Fsp3) is 0.750. The SMILES string of the molecule is CCCCn1cnc2c1c(=O)n(CCCOP(=O)(CC)OCC)c(=O)n2CCCC. The molecule has 0 aromatic carbocycles. The molecule has 0 saturated carbocycles. The Morgan fingerprint density at radius 1 is 0.933 bits per heavy atom. The molecule has 0 bridgehead atoms. The Hall–Kier alpha value is -1.70. The molecular weight excluding hydrogens is 407 g/mol. The van der Waals surface area contributed by atoms with Crippen molar-refractivity contribution >= 4 is 18.8 Å². The quantitative estimate of drug-likeness (QED) is 0.327. The van der Waals surface area contributed by atoms with Crippen molar-refractivity contribution in [2.45, 2.75) is 79.4 Å². The van der Waals surface area contributed by atoms with Gasteiger partial charge < -0.3 is 13.6 Å². The first-order chi connectivity index (χ1) is 14.4. The van der Waals surface area contributed by atoms with E-state index in [2.05, 4.69) is 18.8 Å². The van der Waals surface area contributed by atoms with Crippen LogP contribution in [0.3, 0.4) is 0 Å². The molecule has 2 aromatic heterocycles. The number of fused-ring (bicyclic) bond motifs is 1. The molecule has 0 aliphatic rings. The summed E-state index contributed by atoms with van der Waals surface area (Å²) in [4.78, 5) is 30.6. The van der Waals surface area contributed by atoms with E-state index >= 15 is 0 Å². The maximum absolute atomic E-state index is 13.1. The number of hydrogen-bond donors (Lipinski definition) is 0. The van der Waals surface area contributed by atoms with E-state index in [1.807, 2.05) is 4.57 Å². The summed E-state index contributed by atoms with van der Waals surface area (Å²) < 4.78 is 27.8. The average Bonchev–Trinajstić information content (AvgIpc) is 3.15. The second kappa shape index (κ2) is 11.6.